The van der Waals surface area contributed by atoms with Crippen LogP contribution in [-0.2, 0) is 0 Å². The summed E-state index contributed by atoms with van der Waals surface area (Å²) in [5.41, 5.74) is 0.881. The number of nitrogens with zero attached hydrogens (tertiary/aromatic N) is 1. The summed E-state index contributed by atoms with van der Waals surface area (Å²) in [5, 5.41) is 22.5. The van der Waals surface area contributed by atoms with Crippen LogP contribution in [0.1, 0.15) is 19.8 Å². The van der Waals surface area contributed by atoms with Crippen LogP contribution in [-0.4, -0.2) is 22.7 Å². The van der Waals surface area contributed by atoms with Gasteiger partial charge in [0.1, 0.15) is 0 Å². The van der Waals surface area contributed by atoms with Crippen LogP contribution in [0.25, 0.3) is 0 Å². The zero-order chi connectivity index (χ0) is 12.8. The van der Waals surface area contributed by atoms with Crippen LogP contribution in [0.5, 0.6) is 0 Å². The van der Waals surface area contributed by atoms with Gasteiger partial charge in [0.05, 0.1) is 4.92 Å². The molecule has 0 aliphatic carbocycles. The Morgan fingerprint density at radius 3 is 2.82 bits per heavy atom. The molecule has 0 saturated carbocycles. The lowest BCUT2D eigenvalue weighted by Crippen LogP contribution is -2.15. The summed E-state index contributed by atoms with van der Waals surface area (Å²) < 4.78 is 0.669. The highest BCUT2D eigenvalue weighted by Gasteiger charge is 2.10. The molecule has 1 aromatic carbocycles. The van der Waals surface area contributed by atoms with Crippen LogP contribution >= 0.6 is 15.9 Å². The molecule has 1 rings (SSSR count). The topological polar surface area (TPSA) is 75.4 Å². The van der Waals surface area contributed by atoms with E-state index < -0.39 is 4.92 Å². The predicted octanol–water partition coefficient (Wildman–Crippen LogP) is 2.93. The highest BCUT2D eigenvalue weighted by atomic mass is 79.9. The molecule has 1 atom stereocenters. The summed E-state index contributed by atoms with van der Waals surface area (Å²) in [7, 11) is 0. The lowest BCUT2D eigenvalue weighted by molar-refractivity contribution is -0.384. The first-order valence-corrected chi connectivity index (χ1v) is 6.15. The van der Waals surface area contributed by atoms with Crippen molar-refractivity contribution < 1.29 is 10.0 Å². The van der Waals surface area contributed by atoms with Crippen molar-refractivity contribution in [2.75, 3.05) is 11.9 Å². The number of nitro groups is 1. The number of non-ortho nitro benzene ring substituents is 1. The normalized spacial score (nSPS) is 12.2. The highest BCUT2D eigenvalue weighted by molar-refractivity contribution is 9.10. The number of aliphatic hydroxyl groups excluding tert-OH is 1. The van der Waals surface area contributed by atoms with Gasteiger partial charge in [-0.2, -0.15) is 0 Å². The average Bonchev–Trinajstić information content (AvgIpc) is 2.28. The molecule has 2 N–H and O–H groups in total. The summed E-state index contributed by atoms with van der Waals surface area (Å²) in [5.74, 6) is 0. The number of aliphatic hydroxyl groups is 1. The maximum absolute atomic E-state index is 10.6. The number of rotatable bonds is 6. The third-order valence-corrected chi connectivity index (χ3v) is 3.02. The summed E-state index contributed by atoms with van der Waals surface area (Å²) >= 11 is 3.30. The van der Waals surface area contributed by atoms with E-state index in [4.69, 9.17) is 5.11 Å². The Kier molecular flexibility index (Phi) is 5.37. The number of nitrogens with one attached hydrogen (secondary N) is 1. The number of hydrogen-bond donors (Lipinski definition) is 2. The van der Waals surface area contributed by atoms with E-state index in [-0.39, 0.29) is 18.3 Å². The first kappa shape index (κ1) is 13.9. The van der Waals surface area contributed by atoms with Crippen molar-refractivity contribution in [2.24, 2.45) is 0 Å². The van der Waals surface area contributed by atoms with E-state index >= 15 is 0 Å². The first-order valence-electron chi connectivity index (χ1n) is 5.36. The molecule has 0 aliphatic heterocycles. The van der Waals surface area contributed by atoms with E-state index in [0.29, 0.717) is 4.47 Å². The number of halogens is 1. The Morgan fingerprint density at radius 2 is 2.29 bits per heavy atom. The van der Waals surface area contributed by atoms with Gasteiger partial charge in [-0.05, 0) is 41.8 Å². The number of hydrogen-bond acceptors (Lipinski definition) is 4. The van der Waals surface area contributed by atoms with E-state index in [0.717, 1.165) is 18.5 Å². The maximum atomic E-state index is 10.6. The molecular formula is C11H15BrN2O3. The molecule has 0 spiro atoms. The van der Waals surface area contributed by atoms with Crippen molar-refractivity contribution >= 4 is 27.3 Å². The highest BCUT2D eigenvalue weighted by Crippen LogP contribution is 2.27. The minimum absolute atomic E-state index is 0.0606. The summed E-state index contributed by atoms with van der Waals surface area (Å²) in [6.45, 7) is 2.18. The van der Waals surface area contributed by atoms with E-state index in [1.807, 2.05) is 6.92 Å². The second kappa shape index (κ2) is 6.56. The van der Waals surface area contributed by atoms with Gasteiger partial charge in [-0.15, -0.1) is 0 Å². The molecule has 94 valence electrons. The average molecular weight is 303 g/mol. The molecule has 6 heteroatoms. The molecule has 1 aromatic rings. The number of benzene rings is 1. The Hall–Kier alpha value is -1.14. The molecule has 0 saturated heterocycles. The van der Waals surface area contributed by atoms with Gasteiger partial charge in [0.15, 0.2) is 0 Å². The lowest BCUT2D eigenvalue weighted by Gasteiger charge is -2.15. The second-order valence-corrected chi connectivity index (χ2v) is 4.69. The standard InChI is InChI=1S/C11H15BrN2O3/c1-8(3-2-6-15)13-11-5-4-9(14(16)17)7-10(11)12/h4-5,7-8,13,15H,2-3,6H2,1H3. The van der Waals surface area contributed by atoms with E-state index in [1.165, 1.54) is 12.1 Å². The minimum atomic E-state index is -0.427. The van der Waals surface area contributed by atoms with Crippen molar-refractivity contribution in [3.63, 3.8) is 0 Å². The molecule has 0 fully saturated rings. The van der Waals surface area contributed by atoms with Gasteiger partial charge < -0.3 is 10.4 Å². The molecule has 0 radical (unpaired) electrons. The molecular weight excluding hydrogens is 288 g/mol. The molecule has 0 aliphatic rings. The Labute approximate surface area is 108 Å². The number of nitro benzene ring substituents is 1. The van der Waals surface area contributed by atoms with Crippen molar-refractivity contribution in [1.82, 2.24) is 0 Å². The molecule has 0 bridgehead atoms. The molecule has 0 heterocycles. The van der Waals surface area contributed by atoms with E-state index in [2.05, 4.69) is 21.2 Å². The van der Waals surface area contributed by atoms with Crippen molar-refractivity contribution in [3.05, 3.63) is 32.8 Å². The second-order valence-electron chi connectivity index (χ2n) is 3.83. The van der Waals surface area contributed by atoms with E-state index in [9.17, 15) is 10.1 Å². The molecule has 1 unspecified atom stereocenters. The van der Waals surface area contributed by atoms with Gasteiger partial charge in [0.25, 0.3) is 5.69 Å². The van der Waals surface area contributed by atoms with Crippen LogP contribution in [0, 0.1) is 10.1 Å². The Balaban J connectivity index is 2.69. The van der Waals surface area contributed by atoms with Gasteiger partial charge in [-0.3, -0.25) is 10.1 Å². The SMILES string of the molecule is CC(CCCO)Nc1ccc([N+](=O)[O-])cc1Br. The smallest absolute Gasteiger partial charge is 0.270 e. The van der Waals surface area contributed by atoms with Gasteiger partial charge in [0, 0.05) is 34.9 Å². The van der Waals surface area contributed by atoms with Gasteiger partial charge in [-0.25, -0.2) is 0 Å². The Morgan fingerprint density at radius 1 is 1.59 bits per heavy atom. The largest absolute Gasteiger partial charge is 0.396 e. The van der Waals surface area contributed by atoms with Crippen molar-refractivity contribution in [3.8, 4) is 0 Å². The van der Waals surface area contributed by atoms with Crippen LogP contribution in [0.15, 0.2) is 22.7 Å². The first-order chi connectivity index (χ1) is 8.04. The third kappa shape index (κ3) is 4.32. The quantitative estimate of drug-likeness (QED) is 0.626. The summed E-state index contributed by atoms with van der Waals surface area (Å²) in [6, 6.07) is 4.82. The predicted molar refractivity (Wildman–Crippen MR) is 70.2 cm³/mol. The van der Waals surface area contributed by atoms with Gasteiger partial charge in [-0.1, -0.05) is 0 Å². The van der Waals surface area contributed by atoms with Gasteiger partial charge in [0.2, 0.25) is 0 Å². The summed E-state index contributed by atoms with van der Waals surface area (Å²) in [6.07, 6.45) is 1.58. The Bertz CT molecular complexity index is 398. The van der Waals surface area contributed by atoms with E-state index in [1.54, 1.807) is 6.07 Å². The monoisotopic (exact) mass is 302 g/mol. The fourth-order valence-corrected chi connectivity index (χ4v) is 1.95. The molecule has 0 amide bonds. The fraction of sp³-hybridized carbons (Fsp3) is 0.455. The van der Waals surface area contributed by atoms with Crippen LogP contribution in [0.2, 0.25) is 0 Å². The molecule has 17 heavy (non-hydrogen) atoms. The summed E-state index contributed by atoms with van der Waals surface area (Å²) in [4.78, 5) is 10.1. The maximum Gasteiger partial charge on any atom is 0.270 e. The zero-order valence-corrected chi connectivity index (χ0v) is 11.1. The number of anilines is 1. The molecule has 5 nitrogen and oxygen atoms in total. The van der Waals surface area contributed by atoms with Crippen molar-refractivity contribution in [1.29, 1.82) is 0 Å². The van der Waals surface area contributed by atoms with Crippen LogP contribution in [0.3, 0.4) is 0 Å². The van der Waals surface area contributed by atoms with Crippen molar-refractivity contribution in [2.45, 2.75) is 25.8 Å². The zero-order valence-electron chi connectivity index (χ0n) is 9.52. The third-order valence-electron chi connectivity index (χ3n) is 2.36. The fourth-order valence-electron chi connectivity index (χ4n) is 1.47. The molecule has 0 aromatic heterocycles. The van der Waals surface area contributed by atoms with Crippen LogP contribution in [0.4, 0.5) is 11.4 Å². The lowest BCUT2D eigenvalue weighted by atomic mass is 10.1. The van der Waals surface area contributed by atoms with Crippen LogP contribution < -0.4 is 5.32 Å². The van der Waals surface area contributed by atoms with Gasteiger partial charge >= 0.3 is 0 Å². The minimum Gasteiger partial charge on any atom is -0.396 e.